The van der Waals surface area contributed by atoms with Gasteiger partial charge in [-0.1, -0.05) is 0 Å². The Kier molecular flexibility index (Phi) is 9.03. The fourth-order valence-corrected chi connectivity index (χ4v) is 2.14. The maximum Gasteiger partial charge on any atom is 0.193 e. The number of rotatable bonds is 8. The Labute approximate surface area is 164 Å². The lowest BCUT2D eigenvalue weighted by Crippen LogP contribution is -2.23. The van der Waals surface area contributed by atoms with Crippen LogP contribution in [-0.2, 0) is 13.1 Å². The van der Waals surface area contributed by atoms with E-state index in [0.29, 0.717) is 31.2 Å². The molecule has 0 aliphatic rings. The number of aromatic nitrogens is 3. The van der Waals surface area contributed by atoms with Crippen molar-refractivity contribution in [3.05, 3.63) is 30.4 Å². The van der Waals surface area contributed by atoms with Gasteiger partial charge < -0.3 is 25.1 Å². The van der Waals surface area contributed by atoms with E-state index < -0.39 is 0 Å². The van der Waals surface area contributed by atoms with Gasteiger partial charge in [-0.05, 0) is 32.9 Å². The molecule has 1 aromatic carbocycles. The quantitative estimate of drug-likeness (QED) is 0.357. The van der Waals surface area contributed by atoms with E-state index >= 15 is 0 Å². The Morgan fingerprint density at radius 2 is 2.00 bits per heavy atom. The van der Waals surface area contributed by atoms with Crippen molar-refractivity contribution in [2.24, 2.45) is 10.7 Å². The number of benzene rings is 1. The molecule has 2 rings (SSSR count). The predicted octanol–water partition coefficient (Wildman–Crippen LogP) is 2.64. The van der Waals surface area contributed by atoms with Crippen molar-refractivity contribution in [3.8, 4) is 11.5 Å². The number of hydrogen-bond donors (Lipinski definition) is 2. The lowest BCUT2D eigenvalue weighted by molar-refractivity contribution is 0.332. The van der Waals surface area contributed by atoms with Gasteiger partial charge >= 0.3 is 0 Å². The first-order valence-electron chi connectivity index (χ1n) is 8.01. The third-order valence-electron chi connectivity index (χ3n) is 3.25. The molecule has 0 aliphatic carbocycles. The zero-order chi connectivity index (χ0) is 17.4. The fraction of sp³-hybridized carbons (Fsp3) is 0.438. The summed E-state index contributed by atoms with van der Waals surface area (Å²) in [5.74, 6) is 2.46. The van der Waals surface area contributed by atoms with Crippen LogP contribution in [0.15, 0.2) is 29.5 Å². The molecule has 0 aliphatic heterocycles. The van der Waals surface area contributed by atoms with E-state index in [1.807, 2.05) is 43.5 Å². The molecule has 1 aromatic heterocycles. The van der Waals surface area contributed by atoms with Crippen LogP contribution in [0, 0.1) is 0 Å². The first-order chi connectivity index (χ1) is 11.7. The Morgan fingerprint density at radius 3 is 2.68 bits per heavy atom. The highest BCUT2D eigenvalue weighted by Crippen LogP contribution is 2.29. The minimum Gasteiger partial charge on any atom is -0.494 e. The summed E-state index contributed by atoms with van der Waals surface area (Å²) in [6.07, 6.45) is 1.67. The normalized spacial score (nSPS) is 10.9. The van der Waals surface area contributed by atoms with Crippen molar-refractivity contribution in [2.45, 2.75) is 33.9 Å². The highest BCUT2D eigenvalue weighted by molar-refractivity contribution is 14.0. The number of halogens is 1. The minimum absolute atomic E-state index is 0. The summed E-state index contributed by atoms with van der Waals surface area (Å²) in [6, 6.07) is 5.54. The lowest BCUT2D eigenvalue weighted by Gasteiger charge is -2.14. The van der Waals surface area contributed by atoms with Gasteiger partial charge in [0.1, 0.15) is 24.4 Å². The number of aliphatic imine (C=N–C) groups is 1. The van der Waals surface area contributed by atoms with Gasteiger partial charge in [-0.3, -0.25) is 0 Å². The summed E-state index contributed by atoms with van der Waals surface area (Å²) in [5, 5.41) is 11.0. The molecule has 138 valence electrons. The van der Waals surface area contributed by atoms with Crippen LogP contribution in [0.1, 0.15) is 26.6 Å². The number of ether oxygens (including phenoxy) is 2. The molecule has 9 heteroatoms. The van der Waals surface area contributed by atoms with Crippen LogP contribution in [0.4, 0.5) is 5.69 Å². The zero-order valence-electron chi connectivity index (χ0n) is 14.7. The molecule has 0 unspecified atom stereocenters. The molecule has 0 saturated heterocycles. The van der Waals surface area contributed by atoms with E-state index in [4.69, 9.17) is 15.2 Å². The van der Waals surface area contributed by atoms with Crippen LogP contribution in [0.5, 0.6) is 11.5 Å². The molecule has 0 fully saturated rings. The molecule has 0 amide bonds. The highest BCUT2D eigenvalue weighted by atomic mass is 127. The maximum absolute atomic E-state index is 5.99. The largest absolute Gasteiger partial charge is 0.494 e. The third-order valence-corrected chi connectivity index (χ3v) is 3.25. The van der Waals surface area contributed by atoms with Crippen LogP contribution in [0.25, 0.3) is 0 Å². The molecule has 25 heavy (non-hydrogen) atoms. The summed E-state index contributed by atoms with van der Waals surface area (Å²) in [4.78, 5) is 4.31. The summed E-state index contributed by atoms with van der Waals surface area (Å²) >= 11 is 0. The van der Waals surface area contributed by atoms with Crippen LogP contribution in [-0.4, -0.2) is 33.9 Å². The second kappa shape index (κ2) is 10.7. The van der Waals surface area contributed by atoms with Gasteiger partial charge in [0.2, 0.25) is 0 Å². The average Bonchev–Trinajstić information content (AvgIpc) is 3.03. The van der Waals surface area contributed by atoms with Crippen LogP contribution >= 0.6 is 24.0 Å². The lowest BCUT2D eigenvalue weighted by atomic mass is 10.2. The van der Waals surface area contributed by atoms with Gasteiger partial charge in [0, 0.05) is 12.6 Å². The minimum atomic E-state index is 0. The van der Waals surface area contributed by atoms with E-state index in [0.717, 1.165) is 18.1 Å². The summed E-state index contributed by atoms with van der Waals surface area (Å²) < 4.78 is 13.0. The van der Waals surface area contributed by atoms with Gasteiger partial charge in [0.25, 0.3) is 0 Å². The summed E-state index contributed by atoms with van der Waals surface area (Å²) in [7, 11) is 0. The highest BCUT2D eigenvalue weighted by Gasteiger charge is 2.08. The first kappa shape index (κ1) is 21.0. The number of hydrogen-bond acceptors (Lipinski definition) is 5. The predicted molar refractivity (Wildman–Crippen MR) is 109 cm³/mol. The SMILES string of the molecule is CCOc1ccc(OCC)c(NC(N)=NCc2nncn2CC)c1.I. The van der Waals surface area contributed by atoms with Crippen molar-refractivity contribution < 1.29 is 9.47 Å². The molecule has 3 N–H and O–H groups in total. The Bertz CT molecular complexity index is 689. The van der Waals surface area contributed by atoms with Gasteiger partial charge in [-0.25, -0.2) is 4.99 Å². The molecule has 0 spiro atoms. The number of nitrogens with two attached hydrogens (primary N) is 1. The molecular weight excluding hydrogens is 435 g/mol. The number of anilines is 1. The fourth-order valence-electron chi connectivity index (χ4n) is 2.14. The van der Waals surface area contributed by atoms with Gasteiger partial charge in [-0.2, -0.15) is 0 Å². The third kappa shape index (κ3) is 6.07. The topological polar surface area (TPSA) is 99.6 Å². The van der Waals surface area contributed by atoms with Gasteiger partial charge in [0.05, 0.1) is 18.9 Å². The maximum atomic E-state index is 5.99. The molecule has 2 aromatic rings. The summed E-state index contributed by atoms with van der Waals surface area (Å²) in [5.41, 5.74) is 6.70. The standard InChI is InChI=1S/C16H24N6O2.HI/c1-4-22-11-19-21-15(22)10-18-16(17)20-13-9-12(23-5-2)7-8-14(13)24-6-3;/h7-9,11H,4-6,10H2,1-3H3,(H3,17,18,20);1H. The summed E-state index contributed by atoms with van der Waals surface area (Å²) in [6.45, 7) is 8.16. The van der Waals surface area contributed by atoms with Crippen LogP contribution in [0.3, 0.4) is 0 Å². The molecule has 1 heterocycles. The van der Waals surface area contributed by atoms with Crippen LogP contribution < -0.4 is 20.5 Å². The molecule has 0 atom stereocenters. The van der Waals surface area contributed by atoms with Crippen LogP contribution in [0.2, 0.25) is 0 Å². The average molecular weight is 460 g/mol. The van der Waals surface area contributed by atoms with Crippen molar-refractivity contribution in [1.82, 2.24) is 14.8 Å². The van der Waals surface area contributed by atoms with E-state index in [1.165, 1.54) is 0 Å². The Hall–Kier alpha value is -2.04. The number of nitrogens with one attached hydrogen (secondary N) is 1. The van der Waals surface area contributed by atoms with Crippen molar-refractivity contribution >= 4 is 35.6 Å². The van der Waals surface area contributed by atoms with E-state index in [-0.39, 0.29) is 29.9 Å². The van der Waals surface area contributed by atoms with E-state index in [2.05, 4.69) is 20.5 Å². The molecule has 0 radical (unpaired) electrons. The smallest absolute Gasteiger partial charge is 0.193 e. The van der Waals surface area contributed by atoms with E-state index in [1.54, 1.807) is 6.33 Å². The van der Waals surface area contributed by atoms with Crippen molar-refractivity contribution in [3.63, 3.8) is 0 Å². The monoisotopic (exact) mass is 460 g/mol. The zero-order valence-corrected chi connectivity index (χ0v) is 17.1. The second-order valence-electron chi connectivity index (χ2n) is 4.88. The molecule has 8 nitrogen and oxygen atoms in total. The van der Waals surface area contributed by atoms with Crippen molar-refractivity contribution in [1.29, 1.82) is 0 Å². The second-order valence-corrected chi connectivity index (χ2v) is 4.88. The Balaban J connectivity index is 0.00000312. The number of nitrogens with zero attached hydrogens (tertiary/aromatic N) is 4. The van der Waals surface area contributed by atoms with Gasteiger partial charge in [-0.15, -0.1) is 34.2 Å². The first-order valence-corrected chi connectivity index (χ1v) is 8.01. The van der Waals surface area contributed by atoms with Gasteiger partial charge in [0.15, 0.2) is 11.8 Å². The van der Waals surface area contributed by atoms with E-state index in [9.17, 15) is 0 Å². The number of guanidine groups is 1. The Morgan fingerprint density at radius 1 is 1.24 bits per heavy atom. The van der Waals surface area contributed by atoms with Crippen molar-refractivity contribution in [2.75, 3.05) is 18.5 Å². The number of aryl methyl sites for hydroxylation is 1. The molecule has 0 saturated carbocycles. The molecule has 0 bridgehead atoms. The molecular formula is C16H25IN6O2.